The van der Waals surface area contributed by atoms with Crippen LogP contribution in [0.3, 0.4) is 0 Å². The van der Waals surface area contributed by atoms with Gasteiger partial charge < -0.3 is 10.1 Å². The molecule has 3 aromatic rings. The molecule has 0 radical (unpaired) electrons. The smallest absolute Gasteiger partial charge is 0.453 e. The number of hydrogen-bond acceptors (Lipinski definition) is 5. The lowest BCUT2D eigenvalue weighted by Gasteiger charge is -2.33. The van der Waals surface area contributed by atoms with Crippen molar-refractivity contribution in [3.8, 4) is 11.4 Å². The number of halogens is 3. The lowest BCUT2D eigenvalue weighted by Crippen LogP contribution is -2.34. The number of benzene rings is 2. The molecule has 1 aliphatic heterocycles. The van der Waals surface area contributed by atoms with Crippen LogP contribution in [0.5, 0.6) is 5.75 Å². The maximum Gasteiger partial charge on any atom is 0.453 e. The molecule has 0 bridgehead atoms. The molecule has 1 aliphatic rings. The molecule has 0 aliphatic carbocycles. The highest BCUT2D eigenvalue weighted by molar-refractivity contribution is 5.44. The molecule has 1 fully saturated rings. The second-order valence-corrected chi connectivity index (χ2v) is 7.69. The predicted octanol–water partition coefficient (Wildman–Crippen LogP) is 4.36. The lowest BCUT2D eigenvalue weighted by molar-refractivity contribution is -0.146. The number of hydrogen-bond donors (Lipinski definition) is 1. The molecule has 9 heteroatoms. The van der Waals surface area contributed by atoms with Crippen LogP contribution >= 0.6 is 0 Å². The summed E-state index contributed by atoms with van der Waals surface area (Å²) in [5.41, 5.74) is 2.35. The zero-order chi connectivity index (χ0) is 21.8. The summed E-state index contributed by atoms with van der Waals surface area (Å²) in [7, 11) is 1.56. The Bertz CT molecular complexity index is 1010. The Morgan fingerprint density at radius 3 is 2.71 bits per heavy atom. The molecule has 0 amide bonds. The highest BCUT2D eigenvalue weighted by Crippen LogP contribution is 2.35. The van der Waals surface area contributed by atoms with E-state index in [0.29, 0.717) is 18.1 Å². The van der Waals surface area contributed by atoms with E-state index in [1.165, 1.54) is 11.6 Å². The first-order chi connectivity index (χ1) is 15.0. The minimum absolute atomic E-state index is 0.259. The molecule has 2 heterocycles. The Morgan fingerprint density at radius 1 is 1.16 bits per heavy atom. The Hall–Kier alpha value is -2.94. The lowest BCUT2D eigenvalue weighted by atomic mass is 9.82. The summed E-state index contributed by atoms with van der Waals surface area (Å²) in [5, 5.41) is 13.5. The minimum atomic E-state index is -4.64. The van der Waals surface area contributed by atoms with Gasteiger partial charge in [-0.05, 0) is 77.9 Å². The van der Waals surface area contributed by atoms with Gasteiger partial charge in [0.2, 0.25) is 0 Å². The van der Waals surface area contributed by atoms with Crippen LogP contribution in [0, 0.1) is 5.92 Å². The van der Waals surface area contributed by atoms with Gasteiger partial charge in [-0.3, -0.25) is 0 Å². The van der Waals surface area contributed by atoms with E-state index in [9.17, 15) is 13.2 Å². The van der Waals surface area contributed by atoms with E-state index in [2.05, 4.69) is 33.0 Å². The summed E-state index contributed by atoms with van der Waals surface area (Å²) < 4.78 is 45.8. The number of piperidine rings is 1. The van der Waals surface area contributed by atoms with Crippen molar-refractivity contribution < 1.29 is 17.9 Å². The minimum Gasteiger partial charge on any atom is -0.496 e. The van der Waals surface area contributed by atoms with E-state index in [4.69, 9.17) is 4.74 Å². The van der Waals surface area contributed by atoms with Crippen LogP contribution in [-0.4, -0.2) is 33.9 Å². The van der Waals surface area contributed by atoms with Gasteiger partial charge in [-0.15, -0.1) is 5.10 Å². The standard InChI is InChI=1S/C22H24F3N5O/c1-31-19-12-11-18(30-21(22(23,24)25)27-28-29-30)14-17(19)10-9-16-8-5-13-26-20(16)15-6-3-2-4-7-15/h2-4,6-7,11-12,14,16,20,26H,5,8-10,13H2,1H3/t16-,20+/m1/s1. The van der Waals surface area contributed by atoms with E-state index < -0.39 is 12.0 Å². The molecule has 0 unspecified atom stereocenters. The quantitative estimate of drug-likeness (QED) is 0.628. The van der Waals surface area contributed by atoms with Gasteiger partial charge in [-0.25, -0.2) is 0 Å². The summed E-state index contributed by atoms with van der Waals surface area (Å²) in [6.07, 6.45) is -0.880. The first-order valence-corrected chi connectivity index (χ1v) is 10.3. The normalized spacial score (nSPS) is 19.4. The largest absolute Gasteiger partial charge is 0.496 e. The number of ether oxygens (including phenoxy) is 1. The van der Waals surface area contributed by atoms with Crippen LogP contribution < -0.4 is 10.1 Å². The first kappa shape index (κ1) is 21.3. The zero-order valence-corrected chi connectivity index (χ0v) is 17.1. The summed E-state index contributed by atoms with van der Waals surface area (Å²) in [6, 6.07) is 15.5. The van der Waals surface area contributed by atoms with Crippen LogP contribution in [0.15, 0.2) is 48.5 Å². The highest BCUT2D eigenvalue weighted by atomic mass is 19.4. The monoisotopic (exact) mass is 431 g/mol. The van der Waals surface area contributed by atoms with E-state index in [-0.39, 0.29) is 11.7 Å². The number of aryl methyl sites for hydroxylation is 1. The Kier molecular flexibility index (Phi) is 6.22. The van der Waals surface area contributed by atoms with Crippen molar-refractivity contribution in [2.45, 2.75) is 37.9 Å². The highest BCUT2D eigenvalue weighted by Gasteiger charge is 2.38. The van der Waals surface area contributed by atoms with Crippen molar-refractivity contribution in [2.24, 2.45) is 5.92 Å². The molecule has 0 saturated carbocycles. The molecule has 31 heavy (non-hydrogen) atoms. The van der Waals surface area contributed by atoms with Gasteiger partial charge in [0, 0.05) is 6.04 Å². The van der Waals surface area contributed by atoms with Crippen LogP contribution in [0.4, 0.5) is 13.2 Å². The topological polar surface area (TPSA) is 64.9 Å². The van der Waals surface area contributed by atoms with Crippen molar-refractivity contribution in [1.29, 1.82) is 0 Å². The van der Waals surface area contributed by atoms with Crippen molar-refractivity contribution >= 4 is 0 Å². The van der Waals surface area contributed by atoms with Gasteiger partial charge >= 0.3 is 6.18 Å². The molecule has 2 aromatic carbocycles. The van der Waals surface area contributed by atoms with Crippen molar-refractivity contribution in [3.05, 3.63) is 65.5 Å². The van der Waals surface area contributed by atoms with Crippen LogP contribution in [-0.2, 0) is 12.6 Å². The summed E-state index contributed by atoms with van der Waals surface area (Å²) in [4.78, 5) is 0. The molecule has 6 nitrogen and oxygen atoms in total. The van der Waals surface area contributed by atoms with Gasteiger partial charge in [0.05, 0.1) is 12.8 Å². The van der Waals surface area contributed by atoms with Crippen LogP contribution in [0.25, 0.3) is 5.69 Å². The molecular formula is C22H24F3N5O. The third kappa shape index (κ3) is 4.71. The molecule has 2 atom stereocenters. The maximum atomic E-state index is 13.2. The Labute approximate surface area is 178 Å². The fourth-order valence-corrected chi connectivity index (χ4v) is 4.29. The van der Waals surface area contributed by atoms with E-state index in [1.807, 2.05) is 18.2 Å². The number of nitrogens with one attached hydrogen (secondary N) is 1. The van der Waals surface area contributed by atoms with Gasteiger partial charge in [0.1, 0.15) is 5.75 Å². The molecule has 1 saturated heterocycles. The third-order valence-electron chi connectivity index (χ3n) is 5.76. The average molecular weight is 431 g/mol. The zero-order valence-electron chi connectivity index (χ0n) is 17.1. The average Bonchev–Trinajstić information content (AvgIpc) is 3.29. The fraction of sp³-hybridized carbons (Fsp3) is 0.409. The predicted molar refractivity (Wildman–Crippen MR) is 109 cm³/mol. The molecule has 0 spiro atoms. The summed E-state index contributed by atoms with van der Waals surface area (Å²) in [5.74, 6) is -0.0852. The van der Waals surface area contributed by atoms with Crippen LogP contribution in [0.1, 0.15) is 42.3 Å². The van der Waals surface area contributed by atoms with Crippen molar-refractivity contribution in [2.75, 3.05) is 13.7 Å². The van der Waals surface area contributed by atoms with E-state index in [0.717, 1.165) is 36.1 Å². The number of nitrogens with zero attached hydrogens (tertiary/aromatic N) is 4. The number of aromatic nitrogens is 4. The van der Waals surface area contributed by atoms with E-state index >= 15 is 0 Å². The molecule has 164 valence electrons. The maximum absolute atomic E-state index is 13.2. The van der Waals surface area contributed by atoms with Crippen LogP contribution in [0.2, 0.25) is 0 Å². The fourth-order valence-electron chi connectivity index (χ4n) is 4.29. The first-order valence-electron chi connectivity index (χ1n) is 10.3. The third-order valence-corrected chi connectivity index (χ3v) is 5.76. The Balaban J connectivity index is 1.57. The van der Waals surface area contributed by atoms with Crippen molar-refractivity contribution in [1.82, 2.24) is 25.5 Å². The second-order valence-electron chi connectivity index (χ2n) is 7.69. The number of rotatable bonds is 6. The molecule has 1 aromatic heterocycles. The van der Waals surface area contributed by atoms with Gasteiger partial charge in [0.25, 0.3) is 5.82 Å². The summed E-state index contributed by atoms with van der Waals surface area (Å²) in [6.45, 7) is 0.981. The molecule has 1 N–H and O–H groups in total. The number of alkyl halides is 3. The number of methoxy groups -OCH3 is 1. The Morgan fingerprint density at radius 2 is 1.97 bits per heavy atom. The number of tetrazole rings is 1. The van der Waals surface area contributed by atoms with Gasteiger partial charge in [-0.2, -0.15) is 17.9 Å². The SMILES string of the molecule is COc1ccc(-n2nnnc2C(F)(F)F)cc1CC[C@H]1CCCN[C@H]1c1ccccc1. The van der Waals surface area contributed by atoms with Crippen molar-refractivity contribution in [3.63, 3.8) is 0 Å². The van der Waals surface area contributed by atoms with E-state index in [1.54, 1.807) is 19.2 Å². The second kappa shape index (κ2) is 9.05. The van der Waals surface area contributed by atoms with Gasteiger partial charge in [-0.1, -0.05) is 30.3 Å². The molecular weight excluding hydrogens is 407 g/mol. The summed E-state index contributed by atoms with van der Waals surface area (Å²) >= 11 is 0. The molecule has 4 rings (SSSR count). The van der Waals surface area contributed by atoms with Gasteiger partial charge in [0.15, 0.2) is 0 Å².